The summed E-state index contributed by atoms with van der Waals surface area (Å²) in [6.45, 7) is 0.382. The van der Waals surface area contributed by atoms with E-state index in [1.807, 2.05) is 4.98 Å². The lowest BCUT2D eigenvalue weighted by atomic mass is 10.0. The summed E-state index contributed by atoms with van der Waals surface area (Å²) < 4.78 is 4.68. The monoisotopic (exact) mass is 281 g/mol. The van der Waals surface area contributed by atoms with E-state index in [0.29, 0.717) is 13.0 Å². The molecule has 1 aromatic rings. The molecule has 2 heterocycles. The Labute approximate surface area is 113 Å². The normalized spacial score (nSPS) is 18.6. The van der Waals surface area contributed by atoms with Crippen LogP contribution in [0.3, 0.4) is 0 Å². The van der Waals surface area contributed by atoms with Crippen molar-refractivity contribution in [2.45, 2.75) is 25.3 Å². The zero-order valence-electron chi connectivity index (χ0n) is 11.0. The second-order valence-corrected chi connectivity index (χ2v) is 4.53. The van der Waals surface area contributed by atoms with Crippen molar-refractivity contribution in [2.75, 3.05) is 13.7 Å². The molecule has 0 bridgehead atoms. The molecule has 108 valence electrons. The van der Waals surface area contributed by atoms with E-state index in [9.17, 15) is 19.2 Å². The van der Waals surface area contributed by atoms with Crippen LogP contribution in [0.4, 0.5) is 0 Å². The zero-order chi connectivity index (χ0) is 14.7. The van der Waals surface area contributed by atoms with E-state index in [2.05, 4.69) is 9.72 Å². The minimum absolute atomic E-state index is 0.130. The molecule has 1 saturated heterocycles. The fourth-order valence-corrected chi connectivity index (χ4v) is 2.29. The van der Waals surface area contributed by atoms with Crippen molar-refractivity contribution in [1.29, 1.82) is 0 Å². The molecular formula is C12H15N3O5. The van der Waals surface area contributed by atoms with Crippen LogP contribution in [0.25, 0.3) is 0 Å². The number of aromatic nitrogens is 2. The summed E-state index contributed by atoms with van der Waals surface area (Å²) >= 11 is 0. The van der Waals surface area contributed by atoms with E-state index < -0.39 is 29.2 Å². The van der Waals surface area contributed by atoms with Gasteiger partial charge in [0.05, 0.1) is 7.11 Å². The number of esters is 1. The van der Waals surface area contributed by atoms with Crippen molar-refractivity contribution in [2.24, 2.45) is 0 Å². The minimum atomic E-state index is -0.757. The number of aromatic amines is 2. The second-order valence-electron chi connectivity index (χ2n) is 4.53. The van der Waals surface area contributed by atoms with E-state index in [4.69, 9.17) is 0 Å². The lowest BCUT2D eigenvalue weighted by molar-refractivity contribution is -0.147. The molecule has 1 unspecified atom stereocenters. The number of carbonyl (C=O) groups is 2. The average molecular weight is 281 g/mol. The highest BCUT2D eigenvalue weighted by Gasteiger charge is 2.33. The number of amides is 1. The first-order valence-corrected chi connectivity index (χ1v) is 6.25. The van der Waals surface area contributed by atoms with E-state index in [1.54, 1.807) is 0 Å². The molecule has 2 rings (SSSR count). The third-order valence-corrected chi connectivity index (χ3v) is 3.23. The fraction of sp³-hybridized carbons (Fsp3) is 0.500. The summed E-state index contributed by atoms with van der Waals surface area (Å²) in [7, 11) is 1.26. The third-order valence-electron chi connectivity index (χ3n) is 3.23. The van der Waals surface area contributed by atoms with Crippen LogP contribution < -0.4 is 11.2 Å². The number of rotatable bonds is 2. The van der Waals surface area contributed by atoms with Gasteiger partial charge in [-0.15, -0.1) is 0 Å². The molecule has 0 spiro atoms. The molecule has 1 amide bonds. The third kappa shape index (κ3) is 2.79. The number of hydrogen-bond acceptors (Lipinski definition) is 5. The molecule has 0 aromatic carbocycles. The largest absolute Gasteiger partial charge is 0.467 e. The van der Waals surface area contributed by atoms with Gasteiger partial charge in [-0.05, 0) is 19.3 Å². The van der Waals surface area contributed by atoms with Gasteiger partial charge in [-0.25, -0.2) is 9.59 Å². The average Bonchev–Trinajstić information content (AvgIpc) is 2.44. The lowest BCUT2D eigenvalue weighted by Gasteiger charge is -2.33. The van der Waals surface area contributed by atoms with Gasteiger partial charge >= 0.3 is 11.7 Å². The quantitative estimate of drug-likeness (QED) is 0.691. The molecule has 8 nitrogen and oxygen atoms in total. The summed E-state index contributed by atoms with van der Waals surface area (Å²) in [5.74, 6) is -1.05. The minimum Gasteiger partial charge on any atom is -0.467 e. The predicted molar refractivity (Wildman–Crippen MR) is 68.4 cm³/mol. The number of piperidine rings is 1. The number of nitrogens with zero attached hydrogens (tertiary/aromatic N) is 1. The molecule has 1 atom stereocenters. The van der Waals surface area contributed by atoms with Gasteiger partial charge in [0.2, 0.25) is 0 Å². The highest BCUT2D eigenvalue weighted by Crippen LogP contribution is 2.19. The van der Waals surface area contributed by atoms with Gasteiger partial charge in [0.1, 0.15) is 11.7 Å². The maximum Gasteiger partial charge on any atom is 0.328 e. The van der Waals surface area contributed by atoms with Crippen LogP contribution in [0.1, 0.15) is 29.8 Å². The Bertz CT molecular complexity index is 604. The second kappa shape index (κ2) is 5.72. The van der Waals surface area contributed by atoms with Crippen LogP contribution in [0.2, 0.25) is 0 Å². The molecule has 8 heteroatoms. The van der Waals surface area contributed by atoms with Crippen molar-refractivity contribution in [1.82, 2.24) is 14.9 Å². The Kier molecular flexibility index (Phi) is 4.02. The Morgan fingerprint density at radius 2 is 2.05 bits per heavy atom. The zero-order valence-corrected chi connectivity index (χ0v) is 11.0. The number of nitrogens with one attached hydrogen (secondary N) is 2. The summed E-state index contributed by atoms with van der Waals surface area (Å²) in [5.41, 5.74) is -1.55. The molecular weight excluding hydrogens is 266 g/mol. The number of H-pyrrole nitrogens is 2. The molecule has 0 aliphatic carbocycles. The molecule has 1 aromatic heterocycles. The Morgan fingerprint density at radius 3 is 2.70 bits per heavy atom. The summed E-state index contributed by atoms with van der Waals surface area (Å²) in [5, 5.41) is 0. The molecule has 2 N–H and O–H groups in total. The number of ether oxygens (including phenoxy) is 1. The maximum absolute atomic E-state index is 12.3. The number of methoxy groups -OCH3 is 1. The molecule has 1 fully saturated rings. The van der Waals surface area contributed by atoms with Gasteiger partial charge in [0, 0.05) is 12.6 Å². The SMILES string of the molecule is COC(=O)C1CCCCN1C(=O)c1cc(=O)[nH]c(=O)[nH]1. The number of carbonyl (C=O) groups excluding carboxylic acids is 2. The number of hydrogen-bond donors (Lipinski definition) is 2. The van der Waals surface area contributed by atoms with E-state index >= 15 is 0 Å². The first kappa shape index (κ1) is 14.0. The number of likely N-dealkylation sites (tertiary alicyclic amines) is 1. The summed E-state index contributed by atoms with van der Waals surface area (Å²) in [6.07, 6.45) is 2.08. The Morgan fingerprint density at radius 1 is 1.30 bits per heavy atom. The topological polar surface area (TPSA) is 112 Å². The standard InChI is InChI=1S/C12H15N3O5/c1-20-11(18)8-4-2-3-5-15(8)10(17)7-6-9(16)14-12(19)13-7/h6,8H,2-5H2,1H3,(H2,13,14,16,19). The van der Waals surface area contributed by atoms with Gasteiger partial charge in [0.25, 0.3) is 11.5 Å². The van der Waals surface area contributed by atoms with Crippen molar-refractivity contribution in [3.8, 4) is 0 Å². The van der Waals surface area contributed by atoms with Gasteiger partial charge in [-0.3, -0.25) is 14.6 Å². The van der Waals surface area contributed by atoms with E-state index in [-0.39, 0.29) is 5.69 Å². The van der Waals surface area contributed by atoms with Gasteiger partial charge in [0.15, 0.2) is 0 Å². The van der Waals surface area contributed by atoms with Crippen molar-refractivity contribution in [3.63, 3.8) is 0 Å². The lowest BCUT2D eigenvalue weighted by Crippen LogP contribution is -2.49. The highest BCUT2D eigenvalue weighted by atomic mass is 16.5. The van der Waals surface area contributed by atoms with Crippen molar-refractivity contribution >= 4 is 11.9 Å². The summed E-state index contributed by atoms with van der Waals surface area (Å²) in [4.78, 5) is 52.0. The van der Waals surface area contributed by atoms with Crippen LogP contribution in [0, 0.1) is 0 Å². The molecule has 0 radical (unpaired) electrons. The predicted octanol–water partition coefficient (Wildman–Crippen LogP) is -0.769. The molecule has 20 heavy (non-hydrogen) atoms. The van der Waals surface area contributed by atoms with Crippen LogP contribution in [0.5, 0.6) is 0 Å². The highest BCUT2D eigenvalue weighted by molar-refractivity contribution is 5.95. The van der Waals surface area contributed by atoms with Crippen LogP contribution in [0.15, 0.2) is 15.7 Å². The van der Waals surface area contributed by atoms with E-state index in [1.165, 1.54) is 12.0 Å². The van der Waals surface area contributed by atoms with Gasteiger partial charge < -0.3 is 14.6 Å². The van der Waals surface area contributed by atoms with E-state index in [0.717, 1.165) is 18.9 Å². The van der Waals surface area contributed by atoms with Crippen molar-refractivity contribution < 1.29 is 14.3 Å². The fourth-order valence-electron chi connectivity index (χ4n) is 2.29. The van der Waals surface area contributed by atoms with Gasteiger partial charge in [-0.2, -0.15) is 0 Å². The molecule has 1 aliphatic rings. The summed E-state index contributed by atoms with van der Waals surface area (Å²) in [6, 6.07) is 0.330. The Balaban J connectivity index is 2.32. The maximum atomic E-state index is 12.3. The molecule has 0 saturated carbocycles. The first-order valence-electron chi connectivity index (χ1n) is 6.25. The van der Waals surface area contributed by atoms with Crippen LogP contribution in [-0.4, -0.2) is 46.4 Å². The van der Waals surface area contributed by atoms with Crippen LogP contribution >= 0.6 is 0 Å². The van der Waals surface area contributed by atoms with Crippen LogP contribution in [-0.2, 0) is 9.53 Å². The smallest absolute Gasteiger partial charge is 0.328 e. The first-order chi connectivity index (χ1) is 9.52. The van der Waals surface area contributed by atoms with Gasteiger partial charge in [-0.1, -0.05) is 0 Å². The van der Waals surface area contributed by atoms with Crippen molar-refractivity contribution in [3.05, 3.63) is 32.6 Å². The Hall–Kier alpha value is -2.38. The molecule has 1 aliphatic heterocycles.